The van der Waals surface area contributed by atoms with Gasteiger partial charge in [-0.15, -0.1) is 0 Å². The number of carbonyl (C=O) groups is 2. The smallest absolute Gasteiger partial charge is 0.307 e. The van der Waals surface area contributed by atoms with E-state index >= 15 is 0 Å². The van der Waals surface area contributed by atoms with Crippen molar-refractivity contribution in [1.29, 1.82) is 0 Å². The Hall–Kier alpha value is -2.18. The lowest BCUT2D eigenvalue weighted by molar-refractivity contribution is -0.226. The van der Waals surface area contributed by atoms with Crippen molar-refractivity contribution >= 4 is 17.6 Å². The maximum Gasteiger partial charge on any atom is 0.307 e. The molecular formula is C21H25NO5. The van der Waals surface area contributed by atoms with Gasteiger partial charge in [-0.1, -0.05) is 38.1 Å². The van der Waals surface area contributed by atoms with Gasteiger partial charge in [-0.2, -0.15) is 0 Å². The summed E-state index contributed by atoms with van der Waals surface area (Å²) in [4.78, 5) is 24.4. The van der Waals surface area contributed by atoms with Crippen molar-refractivity contribution in [3.05, 3.63) is 42.0 Å². The average Bonchev–Trinajstić information content (AvgIpc) is 3.23. The summed E-state index contributed by atoms with van der Waals surface area (Å²) >= 11 is 0. The highest BCUT2D eigenvalue weighted by Gasteiger charge is 2.51. The Morgan fingerprint density at radius 1 is 1.11 bits per heavy atom. The molecule has 1 aliphatic heterocycles. The molecule has 3 aliphatic rings. The van der Waals surface area contributed by atoms with Gasteiger partial charge in [0.2, 0.25) is 5.91 Å². The monoisotopic (exact) mass is 371 g/mol. The van der Waals surface area contributed by atoms with Gasteiger partial charge < -0.3 is 19.9 Å². The highest BCUT2D eigenvalue weighted by atomic mass is 16.7. The predicted octanol–water partition coefficient (Wildman–Crippen LogP) is 3.22. The van der Waals surface area contributed by atoms with E-state index in [1.165, 1.54) is 0 Å². The molecule has 6 heteroatoms. The molecule has 2 N–H and O–H groups in total. The second-order valence-electron chi connectivity index (χ2n) is 8.57. The summed E-state index contributed by atoms with van der Waals surface area (Å²) in [7, 11) is 0. The largest absolute Gasteiger partial charge is 0.481 e. The van der Waals surface area contributed by atoms with Crippen LogP contribution in [0.5, 0.6) is 0 Å². The first-order chi connectivity index (χ1) is 12.8. The fourth-order valence-corrected chi connectivity index (χ4v) is 4.39. The van der Waals surface area contributed by atoms with E-state index in [0.29, 0.717) is 18.9 Å². The molecule has 4 rings (SSSR count). The minimum atomic E-state index is -0.896. The number of fused-ring (bicyclic) bond motifs is 2. The Morgan fingerprint density at radius 3 is 2.44 bits per heavy atom. The van der Waals surface area contributed by atoms with E-state index in [-0.39, 0.29) is 23.2 Å². The van der Waals surface area contributed by atoms with Crippen LogP contribution in [0.3, 0.4) is 0 Å². The molecule has 1 saturated heterocycles. The topological polar surface area (TPSA) is 84.9 Å². The van der Waals surface area contributed by atoms with Crippen molar-refractivity contribution < 1.29 is 24.2 Å². The second kappa shape index (κ2) is 6.77. The standard InChI is InChI=1S/C21H25NO5/c1-21(2)10-26-20(27-11-21)14-4-3-5-15(9-14)22-18(23)16-12-6-7-13(8-12)17(16)19(24)25/h3-7,9,12-13,16-17,20H,8,10-11H2,1-2H3,(H,22,23)(H,24,25)/t12-,13-,16-,17-/m0/s1. The zero-order chi connectivity index (χ0) is 19.2. The first kappa shape index (κ1) is 18.2. The number of carboxylic acids is 1. The fraction of sp³-hybridized carbons (Fsp3) is 0.524. The molecule has 2 bridgehead atoms. The molecule has 1 heterocycles. The number of carboxylic acid groups (broad SMARTS) is 1. The summed E-state index contributed by atoms with van der Waals surface area (Å²) in [5, 5.41) is 12.4. The van der Waals surface area contributed by atoms with Crippen LogP contribution in [-0.2, 0) is 19.1 Å². The number of nitrogens with one attached hydrogen (secondary N) is 1. The Kier molecular flexibility index (Phi) is 4.56. The first-order valence-electron chi connectivity index (χ1n) is 9.39. The minimum Gasteiger partial charge on any atom is -0.481 e. The number of carbonyl (C=O) groups excluding carboxylic acids is 1. The van der Waals surface area contributed by atoms with E-state index in [9.17, 15) is 14.7 Å². The number of rotatable bonds is 4. The number of ether oxygens (including phenoxy) is 2. The molecule has 0 aromatic heterocycles. The first-order valence-corrected chi connectivity index (χ1v) is 9.39. The zero-order valence-electron chi connectivity index (χ0n) is 15.6. The van der Waals surface area contributed by atoms with Crippen molar-refractivity contribution in [2.24, 2.45) is 29.1 Å². The van der Waals surface area contributed by atoms with Gasteiger partial charge in [-0.05, 0) is 30.4 Å². The van der Waals surface area contributed by atoms with E-state index in [4.69, 9.17) is 9.47 Å². The third-order valence-corrected chi connectivity index (χ3v) is 5.72. The summed E-state index contributed by atoms with van der Waals surface area (Å²) in [6.45, 7) is 5.38. The summed E-state index contributed by atoms with van der Waals surface area (Å²) < 4.78 is 11.6. The third kappa shape index (κ3) is 3.51. The molecule has 6 nitrogen and oxygen atoms in total. The predicted molar refractivity (Wildman–Crippen MR) is 98.9 cm³/mol. The SMILES string of the molecule is CC1(C)COC(c2cccc(NC(=O)[C@@H]3[C@@H](C(=O)O)[C@H]4C=C[C@H]3C4)c2)OC1. The number of hydrogen-bond acceptors (Lipinski definition) is 4. The molecule has 4 atom stereocenters. The van der Waals surface area contributed by atoms with Gasteiger partial charge in [0.05, 0.1) is 25.0 Å². The molecule has 0 spiro atoms. The number of benzene rings is 1. The quantitative estimate of drug-likeness (QED) is 0.794. The van der Waals surface area contributed by atoms with Crippen molar-refractivity contribution in [2.45, 2.75) is 26.6 Å². The molecule has 0 radical (unpaired) electrons. The van der Waals surface area contributed by atoms with Crippen molar-refractivity contribution in [2.75, 3.05) is 18.5 Å². The number of anilines is 1. The summed E-state index contributed by atoms with van der Waals surface area (Å²) in [6, 6.07) is 7.37. The van der Waals surface area contributed by atoms with E-state index in [2.05, 4.69) is 19.2 Å². The van der Waals surface area contributed by atoms with Crippen molar-refractivity contribution in [1.82, 2.24) is 0 Å². The summed E-state index contributed by atoms with van der Waals surface area (Å²) in [5.74, 6) is -2.33. The Bertz CT molecular complexity index is 777. The van der Waals surface area contributed by atoms with Crippen LogP contribution in [0.15, 0.2) is 36.4 Å². The maximum absolute atomic E-state index is 12.8. The molecule has 1 amide bonds. The third-order valence-electron chi connectivity index (χ3n) is 5.72. The van der Waals surface area contributed by atoms with Crippen LogP contribution < -0.4 is 5.32 Å². The number of allylic oxidation sites excluding steroid dienone is 2. The number of hydrogen-bond donors (Lipinski definition) is 2. The molecule has 2 fully saturated rings. The van der Waals surface area contributed by atoms with Gasteiger partial charge >= 0.3 is 5.97 Å². The van der Waals surface area contributed by atoms with E-state index in [1.54, 1.807) is 6.07 Å². The summed E-state index contributed by atoms with van der Waals surface area (Å²) in [5.41, 5.74) is 1.46. The van der Waals surface area contributed by atoms with E-state index in [1.807, 2.05) is 30.4 Å². The van der Waals surface area contributed by atoms with E-state index in [0.717, 1.165) is 12.0 Å². The zero-order valence-corrected chi connectivity index (χ0v) is 15.6. The number of amides is 1. The molecule has 27 heavy (non-hydrogen) atoms. The molecule has 0 unspecified atom stereocenters. The van der Waals surface area contributed by atoms with E-state index < -0.39 is 24.1 Å². The Labute approximate surface area is 158 Å². The van der Waals surface area contributed by atoms with Gasteiger partial charge in [0.25, 0.3) is 0 Å². The maximum atomic E-state index is 12.8. The van der Waals surface area contributed by atoms with Crippen molar-refractivity contribution in [3.8, 4) is 0 Å². The van der Waals surface area contributed by atoms with Crippen molar-refractivity contribution in [3.63, 3.8) is 0 Å². The van der Waals surface area contributed by atoms with Crippen LogP contribution >= 0.6 is 0 Å². The molecule has 2 aliphatic carbocycles. The van der Waals surface area contributed by atoms with Crippen LogP contribution in [0.25, 0.3) is 0 Å². The fourth-order valence-electron chi connectivity index (χ4n) is 4.39. The van der Waals surface area contributed by atoms with Crippen LogP contribution in [0, 0.1) is 29.1 Å². The van der Waals surface area contributed by atoms with Gasteiger partial charge in [0.1, 0.15) is 0 Å². The molecule has 1 aromatic rings. The van der Waals surface area contributed by atoms with Crippen LogP contribution in [0.4, 0.5) is 5.69 Å². The lowest BCUT2D eigenvalue weighted by Gasteiger charge is -2.34. The summed E-state index contributed by atoms with van der Waals surface area (Å²) in [6.07, 6.45) is 4.21. The second-order valence-corrected chi connectivity index (χ2v) is 8.57. The normalized spacial score (nSPS) is 31.8. The average molecular weight is 371 g/mol. The lowest BCUT2D eigenvalue weighted by Crippen LogP contribution is -2.36. The van der Waals surface area contributed by atoms with Crippen LogP contribution in [-0.4, -0.2) is 30.2 Å². The van der Waals surface area contributed by atoms with Crippen LogP contribution in [0.2, 0.25) is 0 Å². The Balaban J connectivity index is 1.46. The van der Waals surface area contributed by atoms with Gasteiger partial charge in [-0.3, -0.25) is 9.59 Å². The van der Waals surface area contributed by atoms with Gasteiger partial charge in [-0.25, -0.2) is 0 Å². The van der Waals surface area contributed by atoms with Crippen LogP contribution in [0.1, 0.15) is 32.1 Å². The molecule has 144 valence electrons. The lowest BCUT2D eigenvalue weighted by atomic mass is 9.82. The highest BCUT2D eigenvalue weighted by molar-refractivity contribution is 5.96. The number of aliphatic carboxylic acids is 1. The van der Waals surface area contributed by atoms with Gasteiger partial charge in [0, 0.05) is 16.7 Å². The Morgan fingerprint density at radius 2 is 1.78 bits per heavy atom. The molecule has 1 aromatic carbocycles. The molecule has 1 saturated carbocycles. The van der Waals surface area contributed by atoms with Gasteiger partial charge in [0.15, 0.2) is 6.29 Å². The molecular weight excluding hydrogens is 346 g/mol. The minimum absolute atomic E-state index is 0.00604. The highest BCUT2D eigenvalue weighted by Crippen LogP contribution is 2.48.